The van der Waals surface area contributed by atoms with E-state index in [-0.39, 0.29) is 45.0 Å². The van der Waals surface area contributed by atoms with Gasteiger partial charge in [-0.3, -0.25) is 19.2 Å². The highest BCUT2D eigenvalue weighted by Crippen LogP contribution is 2.64. The third-order valence-corrected chi connectivity index (χ3v) is 11.6. The van der Waals surface area contributed by atoms with Gasteiger partial charge in [-0.05, 0) is 57.1 Å². The molecule has 0 amide bonds. The van der Waals surface area contributed by atoms with Crippen LogP contribution < -0.4 is 16.3 Å². The van der Waals surface area contributed by atoms with Crippen molar-refractivity contribution in [3.63, 3.8) is 0 Å². The summed E-state index contributed by atoms with van der Waals surface area (Å²) >= 11 is 0. The summed E-state index contributed by atoms with van der Waals surface area (Å²) in [6.07, 6.45) is 2.81. The van der Waals surface area contributed by atoms with Crippen LogP contribution in [-0.4, -0.2) is 29.7 Å². The highest BCUT2D eigenvalue weighted by molar-refractivity contribution is 7.89. The van der Waals surface area contributed by atoms with Crippen LogP contribution in [0.2, 0.25) is 0 Å². The number of hydrogen-bond acceptors (Lipinski definition) is 8. The first kappa shape index (κ1) is 27.4. The number of fused-ring (bicyclic) bond motifs is 4. The molecule has 3 atom stereocenters. The Hall–Kier alpha value is -3.79. The number of benzene rings is 1. The second-order valence-electron chi connectivity index (χ2n) is 12.3. The first-order chi connectivity index (χ1) is 19.2. The van der Waals surface area contributed by atoms with E-state index in [2.05, 4.69) is 5.32 Å². The maximum Gasteiger partial charge on any atom is 0.270 e. The van der Waals surface area contributed by atoms with E-state index in [9.17, 15) is 27.6 Å². The average molecular weight is 577 g/mol. The first-order valence-corrected chi connectivity index (χ1v) is 15.3. The van der Waals surface area contributed by atoms with E-state index < -0.39 is 38.1 Å². The molecule has 10 heteroatoms. The van der Waals surface area contributed by atoms with Crippen molar-refractivity contribution in [2.24, 2.45) is 16.7 Å². The Morgan fingerprint density at radius 2 is 1.88 bits per heavy atom. The topological polar surface area (TPSA) is 133 Å². The Morgan fingerprint density at radius 3 is 2.51 bits per heavy atom. The second-order valence-corrected chi connectivity index (χ2v) is 14.1. The number of hydrogen-bond donors (Lipinski definition) is 1. The zero-order chi connectivity index (χ0) is 29.6. The predicted octanol–water partition coefficient (Wildman–Crippen LogP) is 4.26. The molecule has 1 aliphatic heterocycles. The molecular formula is C31H32N2O7S. The van der Waals surface area contributed by atoms with E-state index in [1.807, 2.05) is 13.8 Å². The van der Waals surface area contributed by atoms with Crippen molar-refractivity contribution < 1.29 is 22.4 Å². The fourth-order valence-corrected chi connectivity index (χ4v) is 9.62. The van der Waals surface area contributed by atoms with Crippen LogP contribution in [0, 0.1) is 23.7 Å². The van der Waals surface area contributed by atoms with Gasteiger partial charge >= 0.3 is 0 Å². The van der Waals surface area contributed by atoms with E-state index in [1.165, 1.54) is 25.3 Å². The smallest absolute Gasteiger partial charge is 0.270 e. The van der Waals surface area contributed by atoms with Crippen LogP contribution in [0.25, 0.3) is 11.0 Å². The van der Waals surface area contributed by atoms with Crippen LogP contribution in [0.3, 0.4) is 0 Å². The van der Waals surface area contributed by atoms with E-state index in [0.717, 1.165) is 10.4 Å². The quantitative estimate of drug-likeness (QED) is 0.477. The van der Waals surface area contributed by atoms with Gasteiger partial charge in [-0.2, -0.15) is 0 Å². The minimum atomic E-state index is -4.29. The van der Waals surface area contributed by atoms with Gasteiger partial charge in [0.05, 0.1) is 28.0 Å². The minimum absolute atomic E-state index is 0.0577. The number of para-hydroxylation sites is 1. The Labute approximate surface area is 237 Å². The molecule has 41 heavy (non-hydrogen) atoms. The zero-order valence-electron chi connectivity index (χ0n) is 23.7. The number of rotatable bonds is 5. The molecule has 1 N–H and O–H groups in total. The highest BCUT2D eigenvalue weighted by Gasteiger charge is 2.65. The summed E-state index contributed by atoms with van der Waals surface area (Å²) in [7, 11) is -4.29. The van der Waals surface area contributed by atoms with Crippen molar-refractivity contribution >= 4 is 38.2 Å². The van der Waals surface area contributed by atoms with Crippen LogP contribution >= 0.6 is 0 Å². The van der Waals surface area contributed by atoms with Crippen LogP contribution in [0.4, 0.5) is 5.69 Å². The Balaban J connectivity index is 1.58. The number of nitrogens with one attached hydrogen (secondary N) is 1. The molecule has 2 fully saturated rings. The Morgan fingerprint density at radius 1 is 1.15 bits per heavy atom. The molecule has 6 rings (SSSR count). The van der Waals surface area contributed by atoms with E-state index >= 15 is 0 Å². The standard InChI is InChI=1S/C31H32N2O7S/c1-16-13-23(35)20-7-6-8-21(28(20)40-16)26-25(18(3)34)17(2)32-22-10-12-33(29(37)27(22)26)41(38,39)15-31-11-9-19(14-24(31)36)30(31,4)5/h6-8,10,12-13,19,26,32H,9,11,14-15H2,1-5H3/t19?,26?,31-/m0/s1. The van der Waals surface area contributed by atoms with Crippen molar-refractivity contribution in [1.29, 1.82) is 0 Å². The summed E-state index contributed by atoms with van der Waals surface area (Å²) in [5, 5.41) is 3.39. The molecule has 0 saturated heterocycles. The first-order valence-electron chi connectivity index (χ1n) is 13.7. The maximum absolute atomic E-state index is 14.2. The van der Waals surface area contributed by atoms with Crippen molar-refractivity contribution in [2.75, 3.05) is 11.1 Å². The summed E-state index contributed by atoms with van der Waals surface area (Å²) in [6.45, 7) is 8.63. The van der Waals surface area contributed by atoms with Crippen LogP contribution in [0.1, 0.15) is 69.8 Å². The third kappa shape index (κ3) is 3.76. The fraction of sp³-hybridized carbons (Fsp3) is 0.419. The Kier molecular flexibility index (Phi) is 5.91. The van der Waals surface area contributed by atoms with Gasteiger partial charge in [0.1, 0.15) is 17.1 Å². The number of aromatic nitrogens is 1. The largest absolute Gasteiger partial charge is 0.461 e. The fourth-order valence-electron chi connectivity index (χ4n) is 7.58. The molecule has 3 aromatic rings. The lowest BCUT2D eigenvalue weighted by atomic mass is 9.70. The number of ketones is 2. The molecular weight excluding hydrogens is 544 g/mol. The molecule has 3 aliphatic rings. The van der Waals surface area contributed by atoms with Crippen LogP contribution in [-0.2, 0) is 19.6 Å². The minimum Gasteiger partial charge on any atom is -0.461 e. The zero-order valence-corrected chi connectivity index (χ0v) is 24.5. The number of Topliss-reactive ketones (excluding diaryl/α,β-unsaturated/α-hetero) is 2. The molecule has 0 spiro atoms. The summed E-state index contributed by atoms with van der Waals surface area (Å²) in [6, 6.07) is 7.82. The number of pyridine rings is 1. The molecule has 0 radical (unpaired) electrons. The summed E-state index contributed by atoms with van der Waals surface area (Å²) in [4.78, 5) is 53.2. The number of aryl methyl sites for hydroxylation is 1. The van der Waals surface area contributed by atoms with E-state index in [4.69, 9.17) is 4.42 Å². The molecule has 2 aromatic heterocycles. The van der Waals surface area contributed by atoms with Gasteiger partial charge in [0.25, 0.3) is 5.56 Å². The lowest BCUT2D eigenvalue weighted by Gasteiger charge is -2.36. The van der Waals surface area contributed by atoms with Crippen molar-refractivity contribution in [3.8, 4) is 0 Å². The monoisotopic (exact) mass is 576 g/mol. The van der Waals surface area contributed by atoms with Crippen molar-refractivity contribution in [2.45, 2.75) is 59.8 Å². The summed E-state index contributed by atoms with van der Waals surface area (Å²) < 4.78 is 34.7. The number of anilines is 1. The second kappa shape index (κ2) is 8.85. The number of nitrogens with zero attached hydrogens (tertiary/aromatic N) is 1. The highest BCUT2D eigenvalue weighted by atomic mass is 32.2. The van der Waals surface area contributed by atoms with E-state index in [1.54, 1.807) is 32.0 Å². The molecule has 2 saturated carbocycles. The normalized spacial score (nSPS) is 25.0. The molecule has 2 bridgehead atoms. The summed E-state index contributed by atoms with van der Waals surface area (Å²) in [5.41, 5.74) is -0.800. The number of allylic oxidation sites excluding steroid dienone is 2. The van der Waals surface area contributed by atoms with Gasteiger partial charge in [0.2, 0.25) is 10.0 Å². The molecule has 3 heterocycles. The SMILES string of the molecule is CC(=O)C1=C(C)Nc2ccn(S(=O)(=O)C[C@@]34CCC(CC3=O)C4(C)C)c(=O)c2C1c1cccc2c(=O)cc(C)oc12. The summed E-state index contributed by atoms with van der Waals surface area (Å²) in [5.74, 6) is -1.35. The maximum atomic E-state index is 14.2. The Bertz CT molecular complexity index is 1950. The number of carbonyl (C=O) groups excluding carboxylic acids is 2. The van der Waals surface area contributed by atoms with Crippen molar-refractivity contribution in [3.05, 3.63) is 85.3 Å². The van der Waals surface area contributed by atoms with Crippen molar-refractivity contribution in [1.82, 2.24) is 3.97 Å². The molecule has 2 aliphatic carbocycles. The van der Waals surface area contributed by atoms with E-state index in [0.29, 0.717) is 35.5 Å². The third-order valence-electron chi connectivity index (χ3n) is 9.87. The van der Waals surface area contributed by atoms with Gasteiger partial charge in [-0.15, -0.1) is 0 Å². The van der Waals surface area contributed by atoms with Gasteiger partial charge < -0.3 is 9.73 Å². The molecule has 9 nitrogen and oxygen atoms in total. The van der Waals surface area contributed by atoms with Crippen LogP contribution in [0.5, 0.6) is 0 Å². The molecule has 214 valence electrons. The lowest BCUT2D eigenvalue weighted by molar-refractivity contribution is -0.128. The average Bonchev–Trinajstić information content (AvgIpc) is 3.21. The number of carbonyl (C=O) groups is 2. The van der Waals surface area contributed by atoms with Crippen LogP contribution in [0.15, 0.2) is 61.8 Å². The van der Waals surface area contributed by atoms with Gasteiger partial charge in [0, 0.05) is 41.2 Å². The molecule has 1 aromatic carbocycles. The van der Waals surface area contributed by atoms with Gasteiger partial charge in [0.15, 0.2) is 11.2 Å². The van der Waals surface area contributed by atoms with Gasteiger partial charge in [-0.1, -0.05) is 26.0 Å². The predicted molar refractivity (Wildman–Crippen MR) is 155 cm³/mol. The van der Waals surface area contributed by atoms with Gasteiger partial charge in [-0.25, -0.2) is 12.4 Å². The molecule has 2 unspecified atom stereocenters. The lowest BCUT2D eigenvalue weighted by Crippen LogP contribution is -2.45.